The number of hydrogen-bond acceptors (Lipinski definition) is 1. The van der Waals surface area contributed by atoms with Crippen molar-refractivity contribution >= 4 is 32.8 Å². The lowest BCUT2D eigenvalue weighted by Crippen LogP contribution is -1.94. The molecular formula is C8H5BrClFO. The maximum absolute atomic E-state index is 12.8. The number of hydrogen-bond donors (Lipinski definition) is 0. The van der Waals surface area contributed by atoms with E-state index in [2.05, 4.69) is 15.9 Å². The fourth-order valence-electron chi connectivity index (χ4n) is 0.813. The van der Waals surface area contributed by atoms with Crippen LogP contribution in [0.2, 0.25) is 0 Å². The van der Waals surface area contributed by atoms with Gasteiger partial charge >= 0.3 is 0 Å². The second-order valence-electron chi connectivity index (χ2n) is 2.31. The molecule has 0 aliphatic heterocycles. The Morgan fingerprint density at radius 2 is 2.17 bits per heavy atom. The van der Waals surface area contributed by atoms with E-state index in [0.29, 0.717) is 10.0 Å². The molecule has 0 fully saturated rings. The van der Waals surface area contributed by atoms with E-state index >= 15 is 0 Å². The molecule has 0 atom stereocenters. The van der Waals surface area contributed by atoms with Crippen LogP contribution in [-0.4, -0.2) is 5.24 Å². The molecule has 0 heterocycles. The van der Waals surface area contributed by atoms with Crippen LogP contribution in [0.1, 0.15) is 15.9 Å². The Labute approximate surface area is 82.7 Å². The van der Waals surface area contributed by atoms with Crippen molar-refractivity contribution in [3.8, 4) is 0 Å². The summed E-state index contributed by atoms with van der Waals surface area (Å²) in [6.45, 7) is 1.57. The lowest BCUT2D eigenvalue weighted by atomic mass is 10.1. The van der Waals surface area contributed by atoms with E-state index in [0.717, 1.165) is 0 Å². The van der Waals surface area contributed by atoms with E-state index in [9.17, 15) is 9.18 Å². The van der Waals surface area contributed by atoms with Crippen LogP contribution in [-0.2, 0) is 0 Å². The van der Waals surface area contributed by atoms with E-state index in [4.69, 9.17) is 11.6 Å². The van der Waals surface area contributed by atoms with Crippen LogP contribution in [0.3, 0.4) is 0 Å². The Morgan fingerprint density at radius 3 is 2.67 bits per heavy atom. The SMILES string of the molecule is Cc1c(F)ccc(C(=O)Cl)c1Br. The first-order valence-corrected chi connectivity index (χ1v) is 4.35. The van der Waals surface area contributed by atoms with Gasteiger partial charge in [0.25, 0.3) is 5.24 Å². The highest BCUT2D eigenvalue weighted by molar-refractivity contribution is 9.10. The lowest BCUT2D eigenvalue weighted by Gasteiger charge is -2.02. The molecular weight excluding hydrogens is 246 g/mol. The maximum atomic E-state index is 12.8. The summed E-state index contributed by atoms with van der Waals surface area (Å²) in [6.07, 6.45) is 0. The Kier molecular flexibility index (Phi) is 2.85. The standard InChI is InChI=1S/C8H5BrClFO/c1-4-6(11)3-2-5(7(4)9)8(10)12/h2-3H,1H3. The van der Waals surface area contributed by atoms with E-state index in [1.165, 1.54) is 12.1 Å². The molecule has 0 aromatic heterocycles. The topological polar surface area (TPSA) is 17.1 Å². The fourth-order valence-corrected chi connectivity index (χ4v) is 1.59. The smallest absolute Gasteiger partial charge is 0.253 e. The summed E-state index contributed by atoms with van der Waals surface area (Å²) in [4.78, 5) is 10.7. The number of carbonyl (C=O) groups is 1. The molecule has 12 heavy (non-hydrogen) atoms. The summed E-state index contributed by atoms with van der Waals surface area (Å²) >= 11 is 8.33. The van der Waals surface area contributed by atoms with Gasteiger partial charge in [-0.25, -0.2) is 4.39 Å². The third-order valence-corrected chi connectivity index (χ3v) is 2.76. The van der Waals surface area contributed by atoms with Crippen molar-refractivity contribution in [1.29, 1.82) is 0 Å². The summed E-state index contributed by atoms with van der Waals surface area (Å²) in [6, 6.07) is 2.57. The number of benzene rings is 1. The molecule has 0 saturated carbocycles. The first-order chi connectivity index (χ1) is 5.54. The van der Waals surface area contributed by atoms with Crippen molar-refractivity contribution in [1.82, 2.24) is 0 Å². The fraction of sp³-hybridized carbons (Fsp3) is 0.125. The molecule has 0 amide bonds. The van der Waals surface area contributed by atoms with E-state index in [-0.39, 0.29) is 11.4 Å². The maximum Gasteiger partial charge on any atom is 0.253 e. The minimum Gasteiger partial charge on any atom is -0.276 e. The number of halogens is 3. The minimum absolute atomic E-state index is 0.288. The third kappa shape index (κ3) is 1.67. The third-order valence-electron chi connectivity index (χ3n) is 1.53. The number of rotatable bonds is 1. The minimum atomic E-state index is -0.593. The average molecular weight is 251 g/mol. The van der Waals surface area contributed by atoms with Crippen LogP contribution in [0.25, 0.3) is 0 Å². The van der Waals surface area contributed by atoms with Gasteiger partial charge < -0.3 is 0 Å². The van der Waals surface area contributed by atoms with Gasteiger partial charge in [0.05, 0.1) is 0 Å². The second kappa shape index (κ2) is 3.54. The molecule has 1 nitrogen and oxygen atoms in total. The van der Waals surface area contributed by atoms with E-state index in [1.807, 2.05) is 0 Å². The Hall–Kier alpha value is -0.410. The second-order valence-corrected chi connectivity index (χ2v) is 3.44. The van der Waals surface area contributed by atoms with Crippen molar-refractivity contribution in [3.05, 3.63) is 33.5 Å². The van der Waals surface area contributed by atoms with Gasteiger partial charge in [0.2, 0.25) is 0 Å². The van der Waals surface area contributed by atoms with Gasteiger partial charge in [-0.05, 0) is 52.2 Å². The highest BCUT2D eigenvalue weighted by Gasteiger charge is 2.11. The molecule has 0 unspecified atom stereocenters. The predicted octanol–water partition coefficient (Wildman–Crippen LogP) is 3.28. The Balaban J connectivity index is 3.36. The first kappa shape index (κ1) is 9.68. The normalized spacial score (nSPS) is 10.0. The van der Waals surface area contributed by atoms with Crippen molar-refractivity contribution in [2.24, 2.45) is 0 Å². The quantitative estimate of drug-likeness (QED) is 0.700. The average Bonchev–Trinajstić information content (AvgIpc) is 2.00. The monoisotopic (exact) mass is 250 g/mol. The zero-order valence-electron chi connectivity index (χ0n) is 6.20. The molecule has 1 aromatic rings. The van der Waals surface area contributed by atoms with E-state index in [1.54, 1.807) is 6.92 Å². The molecule has 1 aromatic carbocycles. The molecule has 0 bridgehead atoms. The van der Waals surface area contributed by atoms with Crippen LogP contribution in [0.5, 0.6) is 0 Å². The van der Waals surface area contributed by atoms with Gasteiger partial charge in [0, 0.05) is 10.0 Å². The molecule has 0 spiro atoms. The summed E-state index contributed by atoms with van der Waals surface area (Å²) < 4.78 is 13.3. The van der Waals surface area contributed by atoms with Gasteiger partial charge in [-0.15, -0.1) is 0 Å². The molecule has 0 N–H and O–H groups in total. The molecule has 0 radical (unpaired) electrons. The van der Waals surface area contributed by atoms with Crippen LogP contribution in [0.15, 0.2) is 16.6 Å². The zero-order chi connectivity index (χ0) is 9.30. The molecule has 0 aliphatic rings. The van der Waals surface area contributed by atoms with Crippen LogP contribution < -0.4 is 0 Å². The first-order valence-electron chi connectivity index (χ1n) is 3.18. The molecule has 1 rings (SSSR count). The summed E-state index contributed by atoms with van der Waals surface area (Å²) in [5, 5.41) is -0.593. The highest BCUT2D eigenvalue weighted by Crippen LogP contribution is 2.24. The van der Waals surface area contributed by atoms with Gasteiger partial charge in [0.1, 0.15) is 5.82 Å². The summed E-state index contributed by atoms with van der Waals surface area (Å²) in [7, 11) is 0. The van der Waals surface area contributed by atoms with Crippen molar-refractivity contribution in [2.75, 3.05) is 0 Å². The van der Waals surface area contributed by atoms with Crippen molar-refractivity contribution in [3.63, 3.8) is 0 Å². The predicted molar refractivity (Wildman–Crippen MR) is 49.0 cm³/mol. The largest absolute Gasteiger partial charge is 0.276 e. The Bertz CT molecular complexity index is 338. The zero-order valence-corrected chi connectivity index (χ0v) is 8.54. The van der Waals surface area contributed by atoms with Crippen LogP contribution >= 0.6 is 27.5 Å². The molecule has 0 saturated heterocycles. The van der Waals surface area contributed by atoms with Crippen molar-refractivity contribution in [2.45, 2.75) is 6.92 Å². The van der Waals surface area contributed by atoms with Gasteiger partial charge in [-0.3, -0.25) is 4.79 Å². The summed E-state index contributed by atoms with van der Waals surface area (Å²) in [5.41, 5.74) is 0.678. The molecule has 4 heteroatoms. The lowest BCUT2D eigenvalue weighted by molar-refractivity contribution is 0.108. The summed E-state index contributed by atoms with van der Waals surface area (Å²) in [5.74, 6) is -0.358. The Morgan fingerprint density at radius 1 is 1.58 bits per heavy atom. The van der Waals surface area contributed by atoms with Gasteiger partial charge in [0.15, 0.2) is 0 Å². The van der Waals surface area contributed by atoms with Gasteiger partial charge in [-0.2, -0.15) is 0 Å². The van der Waals surface area contributed by atoms with Crippen LogP contribution in [0.4, 0.5) is 4.39 Å². The van der Waals surface area contributed by atoms with Crippen LogP contribution in [0, 0.1) is 12.7 Å². The van der Waals surface area contributed by atoms with Gasteiger partial charge in [-0.1, -0.05) is 0 Å². The highest BCUT2D eigenvalue weighted by atomic mass is 79.9. The number of carbonyl (C=O) groups excluding carboxylic acids is 1. The molecule has 0 aliphatic carbocycles. The van der Waals surface area contributed by atoms with Crippen molar-refractivity contribution < 1.29 is 9.18 Å². The van der Waals surface area contributed by atoms with E-state index < -0.39 is 5.24 Å². The molecule has 64 valence electrons.